The third-order valence-corrected chi connectivity index (χ3v) is 2.97. The molecular weight excluding hydrogens is 256 g/mol. The molecule has 3 rings (SSSR count). The van der Waals surface area contributed by atoms with Gasteiger partial charge in [0.1, 0.15) is 0 Å². The number of hydrazine groups is 1. The van der Waals surface area contributed by atoms with Gasteiger partial charge in [0.2, 0.25) is 6.79 Å². The lowest BCUT2D eigenvalue weighted by atomic mass is 10.2. The standard InChI is InChI=1S/C15H14N2O3/c1-10-3-2-4-12(7-10)16-17-15(18)11-5-6-13-14(8-11)20-9-19-13/h2-8,16H,9H2,1H3,(H,17,18). The number of nitrogens with one attached hydrogen (secondary N) is 2. The third-order valence-electron chi connectivity index (χ3n) is 2.97. The van der Waals surface area contributed by atoms with Gasteiger partial charge in [0.15, 0.2) is 11.5 Å². The molecule has 0 aromatic heterocycles. The van der Waals surface area contributed by atoms with E-state index >= 15 is 0 Å². The first-order valence-corrected chi connectivity index (χ1v) is 6.25. The Morgan fingerprint density at radius 2 is 1.95 bits per heavy atom. The SMILES string of the molecule is Cc1cccc(NNC(=O)c2ccc3c(c2)OCO3)c1. The second kappa shape index (κ2) is 5.13. The van der Waals surface area contributed by atoms with E-state index in [9.17, 15) is 4.79 Å². The van der Waals surface area contributed by atoms with Crippen molar-refractivity contribution in [1.29, 1.82) is 0 Å². The number of anilines is 1. The Hall–Kier alpha value is -2.69. The molecule has 2 N–H and O–H groups in total. The molecule has 1 aliphatic rings. The van der Waals surface area contributed by atoms with Crippen molar-refractivity contribution in [2.24, 2.45) is 0 Å². The Kier molecular flexibility index (Phi) is 3.16. The molecule has 1 heterocycles. The number of carbonyl (C=O) groups is 1. The average molecular weight is 270 g/mol. The second-order valence-electron chi connectivity index (χ2n) is 4.52. The van der Waals surface area contributed by atoms with Crippen LogP contribution in [0.5, 0.6) is 11.5 Å². The number of ether oxygens (including phenoxy) is 2. The van der Waals surface area contributed by atoms with Crippen molar-refractivity contribution in [2.45, 2.75) is 6.92 Å². The van der Waals surface area contributed by atoms with Crippen molar-refractivity contribution in [3.63, 3.8) is 0 Å². The molecule has 1 amide bonds. The molecular formula is C15H14N2O3. The van der Waals surface area contributed by atoms with E-state index < -0.39 is 0 Å². The first-order valence-electron chi connectivity index (χ1n) is 6.25. The van der Waals surface area contributed by atoms with Crippen LogP contribution in [0.2, 0.25) is 0 Å². The minimum absolute atomic E-state index is 0.196. The van der Waals surface area contributed by atoms with Crippen LogP contribution in [0, 0.1) is 6.92 Å². The molecule has 5 nitrogen and oxygen atoms in total. The van der Waals surface area contributed by atoms with Gasteiger partial charge in [-0.2, -0.15) is 0 Å². The number of hydrogen-bond donors (Lipinski definition) is 2. The number of rotatable bonds is 3. The molecule has 2 aromatic carbocycles. The molecule has 0 atom stereocenters. The number of benzene rings is 2. The van der Waals surface area contributed by atoms with E-state index in [1.54, 1.807) is 18.2 Å². The van der Waals surface area contributed by atoms with Gasteiger partial charge in [-0.1, -0.05) is 12.1 Å². The maximum absolute atomic E-state index is 12.0. The molecule has 5 heteroatoms. The zero-order chi connectivity index (χ0) is 13.9. The molecule has 1 aliphatic heterocycles. The van der Waals surface area contributed by atoms with Gasteiger partial charge in [0, 0.05) is 5.56 Å². The molecule has 0 saturated carbocycles. The van der Waals surface area contributed by atoms with Gasteiger partial charge in [-0.15, -0.1) is 0 Å². The van der Waals surface area contributed by atoms with Crippen LogP contribution in [-0.4, -0.2) is 12.7 Å². The monoisotopic (exact) mass is 270 g/mol. The first kappa shape index (κ1) is 12.3. The Bertz CT molecular complexity index is 655. The Morgan fingerprint density at radius 1 is 1.10 bits per heavy atom. The highest BCUT2D eigenvalue weighted by Gasteiger charge is 2.15. The average Bonchev–Trinajstić information content (AvgIpc) is 2.92. The highest BCUT2D eigenvalue weighted by molar-refractivity contribution is 5.95. The third kappa shape index (κ3) is 2.51. The molecule has 0 bridgehead atoms. The summed E-state index contributed by atoms with van der Waals surface area (Å²) in [5.74, 6) is 1.02. The maximum Gasteiger partial charge on any atom is 0.269 e. The predicted octanol–water partition coefficient (Wildman–Crippen LogP) is 2.48. The van der Waals surface area contributed by atoms with Gasteiger partial charge in [-0.05, 0) is 42.8 Å². The van der Waals surface area contributed by atoms with Crippen molar-refractivity contribution >= 4 is 11.6 Å². The zero-order valence-electron chi connectivity index (χ0n) is 11.0. The summed E-state index contributed by atoms with van der Waals surface area (Å²) in [4.78, 5) is 12.0. The van der Waals surface area contributed by atoms with Gasteiger partial charge in [0.25, 0.3) is 5.91 Å². The van der Waals surface area contributed by atoms with Gasteiger partial charge >= 0.3 is 0 Å². The second-order valence-corrected chi connectivity index (χ2v) is 4.52. The summed E-state index contributed by atoms with van der Waals surface area (Å²) in [5, 5.41) is 0. The van der Waals surface area contributed by atoms with Crippen LogP contribution < -0.4 is 20.3 Å². The highest BCUT2D eigenvalue weighted by atomic mass is 16.7. The summed E-state index contributed by atoms with van der Waals surface area (Å²) >= 11 is 0. The van der Waals surface area contributed by atoms with Gasteiger partial charge in [-0.25, -0.2) is 0 Å². The topological polar surface area (TPSA) is 59.6 Å². The van der Waals surface area contributed by atoms with Gasteiger partial charge in [-0.3, -0.25) is 15.6 Å². The molecule has 102 valence electrons. The smallest absolute Gasteiger partial charge is 0.269 e. The van der Waals surface area contributed by atoms with Crippen LogP contribution in [-0.2, 0) is 0 Å². The molecule has 2 aromatic rings. The quantitative estimate of drug-likeness (QED) is 0.841. The summed E-state index contributed by atoms with van der Waals surface area (Å²) in [6, 6.07) is 12.8. The summed E-state index contributed by atoms with van der Waals surface area (Å²) in [6.07, 6.45) is 0. The fourth-order valence-electron chi connectivity index (χ4n) is 1.96. The Labute approximate surface area is 116 Å². The van der Waals surface area contributed by atoms with Crippen molar-refractivity contribution in [1.82, 2.24) is 5.43 Å². The van der Waals surface area contributed by atoms with Crippen LogP contribution in [0.15, 0.2) is 42.5 Å². The maximum atomic E-state index is 12.0. The predicted molar refractivity (Wildman–Crippen MR) is 74.8 cm³/mol. The minimum atomic E-state index is -0.232. The lowest BCUT2D eigenvalue weighted by Gasteiger charge is -2.09. The number of hydrogen-bond acceptors (Lipinski definition) is 4. The van der Waals surface area contributed by atoms with Crippen molar-refractivity contribution in [2.75, 3.05) is 12.2 Å². The van der Waals surface area contributed by atoms with E-state index in [0.29, 0.717) is 17.1 Å². The first-order chi connectivity index (χ1) is 9.72. The molecule has 20 heavy (non-hydrogen) atoms. The summed E-state index contributed by atoms with van der Waals surface area (Å²) in [7, 11) is 0. The number of amides is 1. The van der Waals surface area contributed by atoms with E-state index in [1.807, 2.05) is 31.2 Å². The number of aryl methyl sites for hydroxylation is 1. The van der Waals surface area contributed by atoms with Crippen molar-refractivity contribution < 1.29 is 14.3 Å². The van der Waals surface area contributed by atoms with Crippen LogP contribution in [0.3, 0.4) is 0 Å². The molecule has 0 aliphatic carbocycles. The lowest BCUT2D eigenvalue weighted by molar-refractivity contribution is 0.0962. The lowest BCUT2D eigenvalue weighted by Crippen LogP contribution is -2.29. The fraction of sp³-hybridized carbons (Fsp3) is 0.133. The summed E-state index contributed by atoms with van der Waals surface area (Å²) < 4.78 is 10.5. The fourth-order valence-corrected chi connectivity index (χ4v) is 1.96. The van der Waals surface area contributed by atoms with Gasteiger partial charge < -0.3 is 9.47 Å². The Balaban J connectivity index is 1.67. The summed E-state index contributed by atoms with van der Waals surface area (Å²) in [6.45, 7) is 2.19. The Morgan fingerprint density at radius 3 is 2.80 bits per heavy atom. The van der Waals surface area contributed by atoms with E-state index in [-0.39, 0.29) is 12.7 Å². The molecule has 0 saturated heterocycles. The van der Waals surface area contributed by atoms with Crippen LogP contribution in [0.4, 0.5) is 5.69 Å². The largest absolute Gasteiger partial charge is 0.454 e. The van der Waals surface area contributed by atoms with Gasteiger partial charge in [0.05, 0.1) is 5.69 Å². The molecule has 0 unspecified atom stereocenters. The number of fused-ring (bicyclic) bond motifs is 1. The van der Waals surface area contributed by atoms with E-state index in [0.717, 1.165) is 11.3 Å². The van der Waals surface area contributed by atoms with Crippen molar-refractivity contribution in [3.8, 4) is 11.5 Å². The molecule has 0 radical (unpaired) electrons. The normalized spacial score (nSPS) is 12.1. The van der Waals surface area contributed by atoms with Crippen LogP contribution >= 0.6 is 0 Å². The molecule has 0 fully saturated rings. The van der Waals surface area contributed by atoms with E-state index in [4.69, 9.17) is 9.47 Å². The molecule has 0 spiro atoms. The van der Waals surface area contributed by atoms with Crippen LogP contribution in [0.25, 0.3) is 0 Å². The van der Waals surface area contributed by atoms with E-state index in [2.05, 4.69) is 10.9 Å². The van der Waals surface area contributed by atoms with Crippen molar-refractivity contribution in [3.05, 3.63) is 53.6 Å². The minimum Gasteiger partial charge on any atom is -0.454 e. The number of carbonyl (C=O) groups excluding carboxylic acids is 1. The zero-order valence-corrected chi connectivity index (χ0v) is 11.0. The van der Waals surface area contributed by atoms with E-state index in [1.165, 1.54) is 0 Å². The highest BCUT2D eigenvalue weighted by Crippen LogP contribution is 2.32. The van der Waals surface area contributed by atoms with Crippen LogP contribution in [0.1, 0.15) is 15.9 Å². The summed E-state index contributed by atoms with van der Waals surface area (Å²) in [5.41, 5.74) is 7.99.